The van der Waals surface area contributed by atoms with E-state index < -0.39 is 17.5 Å². The quantitative estimate of drug-likeness (QED) is 0.692. The van der Waals surface area contributed by atoms with Gasteiger partial charge in [-0.05, 0) is 19.4 Å². The van der Waals surface area contributed by atoms with E-state index >= 15 is 0 Å². The van der Waals surface area contributed by atoms with Crippen molar-refractivity contribution in [2.45, 2.75) is 45.1 Å². The third kappa shape index (κ3) is 6.91. The Morgan fingerprint density at radius 3 is 2.63 bits per heavy atom. The molecule has 1 saturated heterocycles. The summed E-state index contributed by atoms with van der Waals surface area (Å²) < 4.78 is 17.5. The Labute approximate surface area is 159 Å². The third-order valence-electron chi connectivity index (χ3n) is 3.99. The van der Waals surface area contributed by atoms with E-state index in [2.05, 4.69) is 24.1 Å². The van der Waals surface area contributed by atoms with Crippen molar-refractivity contribution >= 4 is 6.08 Å². The number of allylic oxidation sites excluding steroid dienone is 2. The van der Waals surface area contributed by atoms with Crippen LogP contribution in [0.5, 0.6) is 0 Å². The number of aromatic nitrogens is 2. The molecule has 1 aliphatic heterocycles. The highest BCUT2D eigenvalue weighted by Crippen LogP contribution is 2.29. The summed E-state index contributed by atoms with van der Waals surface area (Å²) in [6, 6.07) is 0. The number of aliphatic hydroxyl groups is 1. The Morgan fingerprint density at radius 2 is 2.11 bits per heavy atom. The molecule has 0 bridgehead atoms. The van der Waals surface area contributed by atoms with Crippen molar-refractivity contribution in [3.63, 3.8) is 0 Å². The molecule has 0 aliphatic carbocycles. The molecule has 0 amide bonds. The summed E-state index contributed by atoms with van der Waals surface area (Å²) in [5.74, 6) is 0. The van der Waals surface area contributed by atoms with Gasteiger partial charge in [-0.1, -0.05) is 25.2 Å². The van der Waals surface area contributed by atoms with Gasteiger partial charge in [0.15, 0.2) is 0 Å². The fraction of sp³-hybridized carbons (Fsp3) is 0.579. The van der Waals surface area contributed by atoms with E-state index in [1.807, 2.05) is 6.92 Å². The zero-order chi connectivity index (χ0) is 20.2. The number of aromatic amines is 1. The highest BCUT2D eigenvalue weighted by molar-refractivity contribution is 5.46. The van der Waals surface area contributed by atoms with E-state index in [9.17, 15) is 9.59 Å². The van der Waals surface area contributed by atoms with Gasteiger partial charge < -0.3 is 19.3 Å². The SMILES string of the molecule is CC=CCC.COCC1OC(n2cc(C=CCO)c(=O)[nH]c2=O)CC1OC. The lowest BCUT2D eigenvalue weighted by atomic mass is 10.2. The smallest absolute Gasteiger partial charge is 0.330 e. The van der Waals surface area contributed by atoms with Gasteiger partial charge in [0.2, 0.25) is 0 Å². The van der Waals surface area contributed by atoms with Crippen molar-refractivity contribution in [1.29, 1.82) is 0 Å². The molecule has 2 rings (SSSR count). The molecule has 2 N–H and O–H groups in total. The summed E-state index contributed by atoms with van der Waals surface area (Å²) in [6.07, 6.45) is 9.08. The van der Waals surface area contributed by atoms with Crippen LogP contribution in [0.25, 0.3) is 6.08 Å². The number of methoxy groups -OCH3 is 2. The van der Waals surface area contributed by atoms with E-state index in [1.54, 1.807) is 14.2 Å². The summed E-state index contributed by atoms with van der Waals surface area (Å²) in [6.45, 7) is 4.31. The van der Waals surface area contributed by atoms with Crippen molar-refractivity contribution in [2.75, 3.05) is 27.4 Å². The minimum atomic E-state index is -0.552. The fourth-order valence-electron chi connectivity index (χ4n) is 2.68. The molecule has 1 aromatic rings. The predicted molar refractivity (Wildman–Crippen MR) is 104 cm³/mol. The Bertz CT molecular complexity index is 722. The first-order valence-electron chi connectivity index (χ1n) is 8.93. The molecule has 152 valence electrons. The molecule has 2 heterocycles. The van der Waals surface area contributed by atoms with Gasteiger partial charge in [0.05, 0.1) is 24.9 Å². The predicted octanol–water partition coefficient (Wildman–Crippen LogP) is 1.46. The molecule has 0 aromatic carbocycles. The van der Waals surface area contributed by atoms with Crippen molar-refractivity contribution in [2.24, 2.45) is 0 Å². The number of aliphatic hydroxyl groups excluding tert-OH is 1. The number of ether oxygens (including phenoxy) is 3. The summed E-state index contributed by atoms with van der Waals surface area (Å²) in [7, 11) is 3.14. The topological polar surface area (TPSA) is 103 Å². The van der Waals surface area contributed by atoms with Crippen molar-refractivity contribution in [3.05, 3.63) is 50.8 Å². The fourth-order valence-corrected chi connectivity index (χ4v) is 2.68. The first kappa shape index (κ1) is 23.0. The van der Waals surface area contributed by atoms with Gasteiger partial charge in [-0.2, -0.15) is 0 Å². The van der Waals surface area contributed by atoms with Crippen LogP contribution in [0, 0.1) is 0 Å². The van der Waals surface area contributed by atoms with Gasteiger partial charge in [-0.25, -0.2) is 4.79 Å². The second-order valence-corrected chi connectivity index (χ2v) is 5.91. The van der Waals surface area contributed by atoms with E-state index in [0.717, 1.165) is 6.42 Å². The Morgan fingerprint density at radius 1 is 1.37 bits per heavy atom. The maximum absolute atomic E-state index is 12.0. The van der Waals surface area contributed by atoms with Crippen LogP contribution in [-0.4, -0.2) is 54.3 Å². The maximum atomic E-state index is 12.0. The second kappa shape index (κ2) is 12.4. The van der Waals surface area contributed by atoms with Crippen LogP contribution >= 0.6 is 0 Å². The minimum Gasteiger partial charge on any atom is -0.392 e. The largest absolute Gasteiger partial charge is 0.392 e. The molecule has 3 unspecified atom stereocenters. The minimum absolute atomic E-state index is 0.194. The van der Waals surface area contributed by atoms with Crippen LogP contribution in [0.4, 0.5) is 0 Å². The van der Waals surface area contributed by atoms with Gasteiger partial charge in [-0.15, -0.1) is 0 Å². The molecular formula is C19H30N2O6. The van der Waals surface area contributed by atoms with Crippen LogP contribution in [0.1, 0.15) is 38.5 Å². The van der Waals surface area contributed by atoms with E-state index in [-0.39, 0.29) is 24.4 Å². The van der Waals surface area contributed by atoms with Gasteiger partial charge in [0, 0.05) is 26.8 Å². The van der Waals surface area contributed by atoms with Crippen LogP contribution in [0.3, 0.4) is 0 Å². The first-order chi connectivity index (χ1) is 13.0. The van der Waals surface area contributed by atoms with Gasteiger partial charge in [-0.3, -0.25) is 14.3 Å². The zero-order valence-corrected chi connectivity index (χ0v) is 16.4. The van der Waals surface area contributed by atoms with Crippen LogP contribution in [0.2, 0.25) is 0 Å². The maximum Gasteiger partial charge on any atom is 0.330 e. The molecule has 27 heavy (non-hydrogen) atoms. The monoisotopic (exact) mass is 382 g/mol. The van der Waals surface area contributed by atoms with Crippen molar-refractivity contribution in [3.8, 4) is 0 Å². The molecule has 8 nitrogen and oxygen atoms in total. The van der Waals surface area contributed by atoms with E-state index in [4.69, 9.17) is 19.3 Å². The van der Waals surface area contributed by atoms with E-state index in [0.29, 0.717) is 13.0 Å². The van der Waals surface area contributed by atoms with Gasteiger partial charge in [0.25, 0.3) is 5.56 Å². The standard InChI is InChI=1S/C14H20N2O6.C5H10/c1-20-8-11-10(21-2)6-12(22-11)16-7-9(4-3-5-17)13(18)15-14(16)19;1-3-5-4-2/h3-4,7,10-12,17H,5-6,8H2,1-2H3,(H,15,18,19);3,5H,4H2,1-2H3. The highest BCUT2D eigenvalue weighted by Gasteiger charge is 2.36. The van der Waals surface area contributed by atoms with E-state index in [1.165, 1.54) is 22.9 Å². The lowest BCUT2D eigenvalue weighted by Crippen LogP contribution is -2.33. The normalized spacial score (nSPS) is 22.3. The zero-order valence-electron chi connectivity index (χ0n) is 16.4. The number of nitrogens with one attached hydrogen (secondary N) is 1. The molecular weight excluding hydrogens is 352 g/mol. The highest BCUT2D eigenvalue weighted by atomic mass is 16.6. The number of nitrogens with zero attached hydrogens (tertiary/aromatic N) is 1. The number of H-pyrrole nitrogens is 1. The molecule has 1 aromatic heterocycles. The molecule has 0 radical (unpaired) electrons. The Balaban J connectivity index is 0.000000646. The molecule has 1 fully saturated rings. The van der Waals surface area contributed by atoms with Crippen molar-refractivity contribution < 1.29 is 19.3 Å². The van der Waals surface area contributed by atoms with Crippen molar-refractivity contribution in [1.82, 2.24) is 9.55 Å². The van der Waals surface area contributed by atoms with Gasteiger partial charge in [0.1, 0.15) is 12.3 Å². The Kier molecular flexibility index (Phi) is 10.6. The summed E-state index contributed by atoms with van der Waals surface area (Å²) >= 11 is 0. The second-order valence-electron chi connectivity index (χ2n) is 5.91. The Hall–Kier alpha value is -2.00. The third-order valence-corrected chi connectivity index (χ3v) is 3.99. The van der Waals surface area contributed by atoms with Crippen LogP contribution in [0.15, 0.2) is 34.0 Å². The average molecular weight is 382 g/mol. The lowest BCUT2D eigenvalue weighted by Gasteiger charge is -2.16. The average Bonchev–Trinajstić information content (AvgIpc) is 3.05. The van der Waals surface area contributed by atoms with Crippen LogP contribution in [-0.2, 0) is 14.2 Å². The lowest BCUT2D eigenvalue weighted by molar-refractivity contribution is -0.0618. The number of hydrogen-bond donors (Lipinski definition) is 2. The molecule has 0 saturated carbocycles. The number of hydrogen-bond acceptors (Lipinski definition) is 6. The first-order valence-corrected chi connectivity index (χ1v) is 8.93. The molecule has 8 heteroatoms. The molecule has 0 spiro atoms. The summed E-state index contributed by atoms with van der Waals surface area (Å²) in [5, 5.41) is 8.79. The summed E-state index contributed by atoms with van der Waals surface area (Å²) in [5.41, 5.74) is -0.800. The van der Waals surface area contributed by atoms with Gasteiger partial charge >= 0.3 is 5.69 Å². The van der Waals surface area contributed by atoms with Crippen LogP contribution < -0.4 is 11.2 Å². The summed E-state index contributed by atoms with van der Waals surface area (Å²) in [4.78, 5) is 25.9. The number of rotatable bonds is 7. The molecule has 1 aliphatic rings. The molecule has 3 atom stereocenters.